The fraction of sp³-hybridized carbons (Fsp3) is 1.00. The molecular weight excluding hydrogens is 176 g/mol. The van der Waals surface area contributed by atoms with Gasteiger partial charge in [-0.15, -0.1) is 0 Å². The molecule has 2 rings (SSSR count). The lowest BCUT2D eigenvalue weighted by atomic mass is 9.96. The van der Waals surface area contributed by atoms with Crippen LogP contribution in [0.2, 0.25) is 0 Å². The predicted molar refractivity (Wildman–Crippen MR) is 57.0 cm³/mol. The van der Waals surface area contributed by atoms with Gasteiger partial charge in [-0.1, -0.05) is 19.3 Å². The van der Waals surface area contributed by atoms with Crippen molar-refractivity contribution in [2.75, 3.05) is 19.7 Å². The van der Waals surface area contributed by atoms with Crippen molar-refractivity contribution in [3.05, 3.63) is 0 Å². The molecule has 0 radical (unpaired) electrons. The second-order valence-corrected chi connectivity index (χ2v) is 4.59. The summed E-state index contributed by atoms with van der Waals surface area (Å²) in [4.78, 5) is 0. The highest BCUT2D eigenvalue weighted by Crippen LogP contribution is 2.18. The van der Waals surface area contributed by atoms with Gasteiger partial charge in [0.1, 0.15) is 0 Å². The van der Waals surface area contributed by atoms with Gasteiger partial charge in [0.2, 0.25) is 0 Å². The van der Waals surface area contributed by atoms with Crippen LogP contribution in [0.4, 0.5) is 0 Å². The molecule has 82 valence electrons. The molecule has 1 atom stereocenters. The topological polar surface area (TPSA) is 24.5 Å². The first-order chi connectivity index (χ1) is 6.84. The van der Waals surface area contributed by atoms with Gasteiger partial charge in [0.05, 0.1) is 12.7 Å². The van der Waals surface area contributed by atoms with Crippen molar-refractivity contribution in [1.29, 1.82) is 0 Å². The smallest absolute Gasteiger partial charge is 0.0688 e. The Morgan fingerprint density at radius 1 is 1.21 bits per heavy atom. The summed E-state index contributed by atoms with van der Waals surface area (Å²) in [6.07, 6.45) is 7.32. The fourth-order valence-electron chi connectivity index (χ4n) is 2.43. The normalized spacial score (nSPS) is 31.9. The summed E-state index contributed by atoms with van der Waals surface area (Å²) < 4.78 is 5.52. The minimum Gasteiger partial charge on any atom is -0.376 e. The highest BCUT2D eigenvalue weighted by Gasteiger charge is 2.20. The molecule has 3 heteroatoms. The molecule has 0 aromatic rings. The monoisotopic (exact) mass is 198 g/mol. The van der Waals surface area contributed by atoms with Crippen LogP contribution in [0.25, 0.3) is 0 Å². The first kappa shape index (κ1) is 10.4. The molecule has 1 saturated carbocycles. The lowest BCUT2D eigenvalue weighted by Crippen LogP contribution is -2.52. The van der Waals surface area contributed by atoms with Gasteiger partial charge in [-0.3, -0.25) is 5.43 Å². The molecule has 0 bridgehead atoms. The molecule has 1 N–H and O–H groups in total. The summed E-state index contributed by atoms with van der Waals surface area (Å²) >= 11 is 0. The van der Waals surface area contributed by atoms with Crippen molar-refractivity contribution in [3.8, 4) is 0 Å². The maximum atomic E-state index is 5.52. The summed E-state index contributed by atoms with van der Waals surface area (Å²) in [5.41, 5.74) is 3.64. The average Bonchev–Trinajstić information content (AvgIpc) is 2.19. The predicted octanol–water partition coefficient (Wildman–Crippen LogP) is 1.54. The minimum absolute atomic E-state index is 0.389. The molecule has 1 heterocycles. The largest absolute Gasteiger partial charge is 0.376 e. The standard InChI is InChI=1S/C11H22N2O/c1-10-9-13(7-8-14-10)12-11-5-3-2-4-6-11/h10-12H,2-9H2,1H3. The number of ether oxygens (including phenoxy) is 1. The number of hydrazine groups is 1. The van der Waals surface area contributed by atoms with Crippen LogP contribution < -0.4 is 5.43 Å². The van der Waals surface area contributed by atoms with Crippen LogP contribution in [0.5, 0.6) is 0 Å². The zero-order valence-corrected chi connectivity index (χ0v) is 9.17. The Bertz CT molecular complexity index is 169. The van der Waals surface area contributed by atoms with Gasteiger partial charge in [-0.05, 0) is 19.8 Å². The number of hydrogen-bond acceptors (Lipinski definition) is 3. The van der Waals surface area contributed by atoms with Gasteiger partial charge >= 0.3 is 0 Å². The van der Waals surface area contributed by atoms with Crippen LogP contribution in [0.3, 0.4) is 0 Å². The van der Waals surface area contributed by atoms with Crippen LogP contribution in [0, 0.1) is 0 Å². The molecule has 2 aliphatic rings. The van der Waals surface area contributed by atoms with Crippen molar-refractivity contribution < 1.29 is 4.74 Å². The van der Waals surface area contributed by atoms with Crippen molar-refractivity contribution >= 4 is 0 Å². The quantitative estimate of drug-likeness (QED) is 0.728. The van der Waals surface area contributed by atoms with Crippen LogP contribution in [-0.2, 0) is 4.74 Å². The van der Waals surface area contributed by atoms with Gasteiger partial charge in [-0.25, -0.2) is 5.01 Å². The van der Waals surface area contributed by atoms with Gasteiger partial charge in [-0.2, -0.15) is 0 Å². The molecule has 1 aliphatic carbocycles. The van der Waals surface area contributed by atoms with Crippen LogP contribution in [-0.4, -0.2) is 36.9 Å². The Hall–Kier alpha value is -0.120. The van der Waals surface area contributed by atoms with E-state index >= 15 is 0 Å². The van der Waals surface area contributed by atoms with Crippen molar-refractivity contribution in [1.82, 2.24) is 10.4 Å². The summed E-state index contributed by atoms with van der Waals surface area (Å²) in [7, 11) is 0. The molecule has 0 aromatic carbocycles. The molecule has 2 fully saturated rings. The number of nitrogens with one attached hydrogen (secondary N) is 1. The zero-order chi connectivity index (χ0) is 9.80. The van der Waals surface area contributed by atoms with E-state index in [-0.39, 0.29) is 0 Å². The van der Waals surface area contributed by atoms with E-state index in [4.69, 9.17) is 4.74 Å². The number of rotatable bonds is 2. The van der Waals surface area contributed by atoms with E-state index in [0.29, 0.717) is 6.10 Å². The van der Waals surface area contributed by atoms with Gasteiger partial charge in [0, 0.05) is 19.1 Å². The van der Waals surface area contributed by atoms with E-state index < -0.39 is 0 Å². The molecule has 1 aliphatic heterocycles. The Morgan fingerprint density at radius 2 is 2.00 bits per heavy atom. The molecule has 1 saturated heterocycles. The molecule has 1 unspecified atom stereocenters. The Labute approximate surface area is 86.8 Å². The SMILES string of the molecule is CC1CN(NC2CCCCC2)CCO1. The molecule has 0 spiro atoms. The summed E-state index contributed by atoms with van der Waals surface area (Å²) in [6.45, 7) is 5.10. The van der Waals surface area contributed by atoms with Gasteiger partial charge in [0.25, 0.3) is 0 Å². The van der Waals surface area contributed by atoms with Gasteiger partial charge in [0.15, 0.2) is 0 Å². The zero-order valence-electron chi connectivity index (χ0n) is 9.17. The lowest BCUT2D eigenvalue weighted by molar-refractivity contribution is -0.0458. The maximum Gasteiger partial charge on any atom is 0.0688 e. The third-order valence-electron chi connectivity index (χ3n) is 3.21. The van der Waals surface area contributed by atoms with E-state index in [1.807, 2.05) is 0 Å². The molecule has 0 amide bonds. The number of morpholine rings is 1. The summed E-state index contributed by atoms with van der Waals surface area (Å²) in [5, 5.41) is 2.35. The maximum absolute atomic E-state index is 5.52. The van der Waals surface area contributed by atoms with E-state index in [2.05, 4.69) is 17.4 Å². The second kappa shape index (κ2) is 5.10. The van der Waals surface area contributed by atoms with E-state index in [1.54, 1.807) is 0 Å². The van der Waals surface area contributed by atoms with E-state index in [0.717, 1.165) is 25.7 Å². The first-order valence-corrected chi connectivity index (χ1v) is 5.97. The van der Waals surface area contributed by atoms with Crippen LogP contribution in [0.1, 0.15) is 39.0 Å². The molecule has 0 aromatic heterocycles. The molecular formula is C11H22N2O. The van der Waals surface area contributed by atoms with E-state index in [9.17, 15) is 0 Å². The van der Waals surface area contributed by atoms with Crippen molar-refractivity contribution in [3.63, 3.8) is 0 Å². The van der Waals surface area contributed by atoms with Crippen molar-refractivity contribution in [2.45, 2.75) is 51.2 Å². The summed E-state index contributed by atoms with van der Waals surface area (Å²) in [5.74, 6) is 0. The molecule has 14 heavy (non-hydrogen) atoms. The van der Waals surface area contributed by atoms with E-state index in [1.165, 1.54) is 32.1 Å². The average molecular weight is 198 g/mol. The Kier molecular flexibility index (Phi) is 3.79. The highest BCUT2D eigenvalue weighted by atomic mass is 16.5. The van der Waals surface area contributed by atoms with Crippen molar-refractivity contribution in [2.24, 2.45) is 0 Å². The summed E-state index contributed by atoms with van der Waals surface area (Å²) in [6, 6.07) is 0.731. The number of nitrogens with zero attached hydrogens (tertiary/aromatic N) is 1. The molecule has 3 nitrogen and oxygen atoms in total. The second-order valence-electron chi connectivity index (χ2n) is 4.59. The minimum atomic E-state index is 0.389. The lowest BCUT2D eigenvalue weighted by Gasteiger charge is -2.35. The third-order valence-corrected chi connectivity index (χ3v) is 3.21. The highest BCUT2D eigenvalue weighted by molar-refractivity contribution is 4.73. The Morgan fingerprint density at radius 3 is 2.71 bits per heavy atom. The van der Waals surface area contributed by atoms with Crippen LogP contribution in [0.15, 0.2) is 0 Å². The van der Waals surface area contributed by atoms with Crippen LogP contribution >= 0.6 is 0 Å². The number of hydrogen-bond donors (Lipinski definition) is 1. The van der Waals surface area contributed by atoms with Gasteiger partial charge < -0.3 is 4.74 Å². The Balaban J connectivity index is 1.72. The first-order valence-electron chi connectivity index (χ1n) is 5.97. The fourth-order valence-corrected chi connectivity index (χ4v) is 2.43. The third kappa shape index (κ3) is 2.94.